The van der Waals surface area contributed by atoms with E-state index in [2.05, 4.69) is 81.6 Å². The van der Waals surface area contributed by atoms with E-state index in [1.807, 2.05) is 13.8 Å². The molecule has 1 aliphatic heterocycles. The molecule has 0 aliphatic carbocycles. The molecule has 2 atom stereocenters. The van der Waals surface area contributed by atoms with E-state index in [-0.39, 0.29) is 22.1 Å². The van der Waals surface area contributed by atoms with Crippen molar-refractivity contribution in [1.29, 1.82) is 0 Å². The lowest BCUT2D eigenvalue weighted by molar-refractivity contribution is 0.0433. The Balaban J connectivity index is 3.69. The molecule has 0 aromatic carbocycles. The van der Waals surface area contributed by atoms with E-state index in [0.29, 0.717) is 38.2 Å². The zero-order chi connectivity index (χ0) is 25.9. The van der Waals surface area contributed by atoms with Crippen molar-refractivity contribution in [2.24, 2.45) is 15.9 Å². The Morgan fingerprint density at radius 1 is 0.879 bits per heavy atom. The van der Waals surface area contributed by atoms with Gasteiger partial charge in [0.1, 0.15) is 6.54 Å². The molecule has 0 unspecified atom stereocenters. The number of nitrogens with zero attached hydrogens (tertiary/aromatic N) is 2. The van der Waals surface area contributed by atoms with Gasteiger partial charge in [0.25, 0.3) is 0 Å². The molecule has 0 bridgehead atoms. The number of aliphatic imine (C=N–C) groups is 2. The van der Waals surface area contributed by atoms with Crippen LogP contribution in [0.2, 0.25) is 36.3 Å². The van der Waals surface area contributed by atoms with Gasteiger partial charge in [0.15, 0.2) is 22.2 Å². The molecule has 0 amide bonds. The highest BCUT2D eigenvalue weighted by atomic mass is 28.4. The summed E-state index contributed by atoms with van der Waals surface area (Å²) in [6.07, 6.45) is -0.246. The maximum absolute atomic E-state index is 7.11. The molecule has 194 valence electrons. The Morgan fingerprint density at radius 2 is 1.39 bits per heavy atom. The largest absolute Gasteiger partial charge is 0.480 e. The van der Waals surface area contributed by atoms with Crippen molar-refractivity contribution in [1.82, 2.24) is 0 Å². The van der Waals surface area contributed by atoms with E-state index < -0.39 is 22.2 Å². The zero-order valence-electron chi connectivity index (χ0n) is 24.0. The second kappa shape index (κ2) is 10.9. The van der Waals surface area contributed by atoms with Gasteiger partial charge in [-0.15, -0.1) is 0 Å². The molecule has 0 aromatic rings. The van der Waals surface area contributed by atoms with Crippen LogP contribution >= 0.6 is 0 Å². The van der Waals surface area contributed by atoms with Crippen LogP contribution in [0.15, 0.2) is 9.98 Å². The Kier molecular flexibility index (Phi) is 10.0. The molecule has 0 aromatic heterocycles. The first-order valence-electron chi connectivity index (χ1n) is 12.6. The van der Waals surface area contributed by atoms with Crippen LogP contribution in [0.4, 0.5) is 0 Å². The van der Waals surface area contributed by atoms with E-state index >= 15 is 0 Å². The highest BCUT2D eigenvalue weighted by Crippen LogP contribution is 2.43. The number of ether oxygens (including phenoxy) is 2. The highest BCUT2D eigenvalue weighted by molar-refractivity contribution is 6.74. The third kappa shape index (κ3) is 7.15. The third-order valence-corrected chi connectivity index (χ3v) is 16.3. The maximum Gasteiger partial charge on any atom is 0.217 e. The molecule has 0 saturated heterocycles. The topological polar surface area (TPSA) is 61.6 Å². The number of hydrogen-bond donors (Lipinski definition) is 0. The summed E-state index contributed by atoms with van der Waals surface area (Å²) >= 11 is 0. The van der Waals surface area contributed by atoms with Crippen LogP contribution < -0.4 is 0 Å². The van der Waals surface area contributed by atoms with Crippen molar-refractivity contribution >= 4 is 28.4 Å². The monoisotopic (exact) mass is 500 g/mol. The van der Waals surface area contributed by atoms with Crippen molar-refractivity contribution in [3.05, 3.63) is 0 Å². The molecule has 0 radical (unpaired) electrons. The summed E-state index contributed by atoms with van der Waals surface area (Å²) in [7, 11) is -4.20. The van der Waals surface area contributed by atoms with Gasteiger partial charge >= 0.3 is 0 Å². The minimum absolute atomic E-state index is 0.0612. The summed E-state index contributed by atoms with van der Waals surface area (Å²) in [4.78, 5) is 10.0. The molecule has 33 heavy (non-hydrogen) atoms. The van der Waals surface area contributed by atoms with Gasteiger partial charge in [-0.1, -0.05) is 55.4 Å². The van der Waals surface area contributed by atoms with E-state index in [1.54, 1.807) is 0 Å². The fourth-order valence-corrected chi connectivity index (χ4v) is 5.75. The van der Waals surface area contributed by atoms with Crippen LogP contribution in [0.25, 0.3) is 0 Å². The van der Waals surface area contributed by atoms with Gasteiger partial charge in [0.2, 0.25) is 11.8 Å². The number of rotatable bonds is 9. The van der Waals surface area contributed by atoms with Crippen LogP contribution in [-0.2, 0) is 18.3 Å². The zero-order valence-corrected chi connectivity index (χ0v) is 26.0. The van der Waals surface area contributed by atoms with Crippen LogP contribution in [0.3, 0.4) is 0 Å². The third-order valence-electron chi connectivity index (χ3n) is 7.41. The van der Waals surface area contributed by atoms with E-state index in [0.717, 1.165) is 0 Å². The molecule has 8 heteroatoms. The van der Waals surface area contributed by atoms with Gasteiger partial charge in [-0.25, -0.2) is 9.98 Å². The van der Waals surface area contributed by atoms with Gasteiger partial charge in [0.05, 0.1) is 25.9 Å². The Labute approximate surface area is 206 Å². The van der Waals surface area contributed by atoms with Crippen LogP contribution in [0.1, 0.15) is 69.2 Å². The Bertz CT molecular complexity index is 706. The summed E-state index contributed by atoms with van der Waals surface area (Å²) in [5, 5.41) is 0.136. The van der Waals surface area contributed by atoms with Gasteiger partial charge in [-0.2, -0.15) is 0 Å². The first kappa shape index (κ1) is 30.3. The molecular formula is C25H52N2O4Si2. The lowest BCUT2D eigenvalue weighted by Gasteiger charge is -2.48. The average molecular weight is 501 g/mol. The lowest BCUT2D eigenvalue weighted by Crippen LogP contribution is -2.62. The van der Waals surface area contributed by atoms with Crippen molar-refractivity contribution in [2.75, 3.05) is 26.4 Å². The predicted molar refractivity (Wildman–Crippen MR) is 146 cm³/mol. The molecule has 1 rings (SSSR count). The molecule has 0 N–H and O–H groups in total. The average Bonchev–Trinajstić information content (AvgIpc) is 2.64. The maximum atomic E-state index is 7.11. The van der Waals surface area contributed by atoms with E-state index in [4.69, 9.17) is 28.3 Å². The molecule has 1 aliphatic rings. The van der Waals surface area contributed by atoms with Gasteiger partial charge in [-0.05, 0) is 56.0 Å². The fraction of sp³-hybridized carbons (Fsp3) is 0.920. The molecule has 0 spiro atoms. The summed E-state index contributed by atoms with van der Waals surface area (Å²) < 4.78 is 26.0. The van der Waals surface area contributed by atoms with Crippen molar-refractivity contribution < 1.29 is 18.3 Å². The van der Waals surface area contributed by atoms with Gasteiger partial charge in [-0.3, -0.25) is 0 Å². The Hall–Kier alpha value is -0.706. The van der Waals surface area contributed by atoms with E-state index in [9.17, 15) is 0 Å². The van der Waals surface area contributed by atoms with Crippen LogP contribution in [0.5, 0.6) is 0 Å². The quantitative estimate of drug-likeness (QED) is 0.331. The van der Waals surface area contributed by atoms with Gasteiger partial charge < -0.3 is 18.3 Å². The minimum Gasteiger partial charge on any atom is -0.480 e. The molecule has 0 saturated carbocycles. The first-order chi connectivity index (χ1) is 14.8. The summed E-state index contributed by atoms with van der Waals surface area (Å²) in [6.45, 7) is 32.9. The smallest absolute Gasteiger partial charge is 0.217 e. The molecule has 1 heterocycles. The first-order valence-corrected chi connectivity index (χ1v) is 18.4. The second-order valence-corrected chi connectivity index (χ2v) is 22.1. The normalized spacial score (nSPS) is 21.5. The standard InChI is InChI=1S/C25H52N2O4Si2/c1-15-28-20-17-26-22(29-16-2)25(27-20,18-30-32(11,12)23(5,6)7)21(19(3)4)31-33(13,14)24(8,9)10/h19,21H,15-18H2,1-14H3/t21-,25+/m0/s1. The SMILES string of the molecule is CCOC1=N[C@](CO[Si](C)(C)C(C)(C)C)([C@@H](O[Si](C)(C)C(C)(C)C)C(C)C)C(OCC)=NC1. The number of hydrogen-bond acceptors (Lipinski definition) is 6. The van der Waals surface area contributed by atoms with Crippen LogP contribution in [0, 0.1) is 5.92 Å². The van der Waals surface area contributed by atoms with Crippen molar-refractivity contribution in [3.8, 4) is 0 Å². The fourth-order valence-electron chi connectivity index (χ4n) is 3.28. The van der Waals surface area contributed by atoms with Crippen molar-refractivity contribution in [2.45, 2.75) is 117 Å². The van der Waals surface area contributed by atoms with E-state index in [1.165, 1.54) is 0 Å². The Morgan fingerprint density at radius 3 is 1.82 bits per heavy atom. The molecular weight excluding hydrogens is 448 g/mol. The second-order valence-electron chi connectivity index (χ2n) is 12.5. The van der Waals surface area contributed by atoms with Gasteiger partial charge in [0, 0.05) is 0 Å². The molecule has 0 fully saturated rings. The minimum atomic E-state index is -2.13. The summed E-state index contributed by atoms with van der Waals surface area (Å²) in [5.41, 5.74) is -0.877. The predicted octanol–water partition coefficient (Wildman–Crippen LogP) is 6.68. The summed E-state index contributed by atoms with van der Waals surface area (Å²) in [6, 6.07) is 0. The van der Waals surface area contributed by atoms with Crippen LogP contribution in [-0.4, -0.2) is 66.4 Å². The lowest BCUT2D eigenvalue weighted by atomic mass is 9.85. The highest BCUT2D eigenvalue weighted by Gasteiger charge is 2.54. The summed E-state index contributed by atoms with van der Waals surface area (Å²) in [5.74, 6) is 1.42. The molecule has 6 nitrogen and oxygen atoms in total. The van der Waals surface area contributed by atoms with Crippen molar-refractivity contribution in [3.63, 3.8) is 0 Å².